The minimum atomic E-state index is -0.246. The number of fused-ring (bicyclic) bond motifs is 4. The third-order valence-corrected chi connectivity index (χ3v) is 6.38. The number of hydrogen-bond acceptors (Lipinski definition) is 6. The summed E-state index contributed by atoms with van der Waals surface area (Å²) in [4.78, 5) is 28.1. The van der Waals surface area contributed by atoms with Gasteiger partial charge in [-0.1, -0.05) is 37.8 Å². The number of nitrogen functional groups attached to an aromatic ring is 1. The van der Waals surface area contributed by atoms with Crippen LogP contribution in [0.15, 0.2) is 61.6 Å². The maximum atomic E-state index is 12.6. The lowest BCUT2D eigenvalue weighted by atomic mass is 9.98. The summed E-state index contributed by atoms with van der Waals surface area (Å²) in [6.07, 6.45) is 6.76. The van der Waals surface area contributed by atoms with E-state index in [1.165, 1.54) is 6.33 Å². The van der Waals surface area contributed by atoms with Gasteiger partial charge in [0.25, 0.3) is 0 Å². The summed E-state index contributed by atoms with van der Waals surface area (Å²) in [5.41, 5.74) is 11.5. The van der Waals surface area contributed by atoms with Crippen molar-refractivity contribution in [1.82, 2.24) is 29.7 Å². The van der Waals surface area contributed by atoms with E-state index in [1.54, 1.807) is 6.08 Å². The van der Waals surface area contributed by atoms with Gasteiger partial charge in [-0.25, -0.2) is 9.97 Å². The van der Waals surface area contributed by atoms with Crippen molar-refractivity contribution in [2.75, 3.05) is 25.9 Å². The Kier molecular flexibility index (Phi) is 5.59. The number of anilines is 1. The fraction of sp³-hybridized carbons (Fsp3) is 0.231. The third kappa shape index (κ3) is 3.72. The summed E-state index contributed by atoms with van der Waals surface area (Å²) >= 11 is 0. The number of amides is 1. The molecule has 8 nitrogen and oxygen atoms in total. The van der Waals surface area contributed by atoms with Gasteiger partial charge in [-0.3, -0.25) is 9.78 Å². The molecule has 1 aliphatic rings. The fourth-order valence-corrected chi connectivity index (χ4v) is 4.47. The van der Waals surface area contributed by atoms with E-state index < -0.39 is 0 Å². The van der Waals surface area contributed by atoms with Gasteiger partial charge in [0.1, 0.15) is 17.8 Å². The van der Waals surface area contributed by atoms with E-state index in [0.717, 1.165) is 57.4 Å². The van der Waals surface area contributed by atoms with Gasteiger partial charge in [0, 0.05) is 41.9 Å². The summed E-state index contributed by atoms with van der Waals surface area (Å²) in [5, 5.41) is 4.89. The molecule has 0 saturated carbocycles. The zero-order valence-corrected chi connectivity index (χ0v) is 19.3. The quantitative estimate of drug-likeness (QED) is 0.435. The number of nitrogens with two attached hydrogens (primary N) is 1. The first kappa shape index (κ1) is 21.8. The molecule has 172 valence electrons. The normalized spacial score (nSPS) is 15.6. The maximum Gasteiger partial charge on any atom is 0.244 e. The van der Waals surface area contributed by atoms with E-state index in [1.807, 2.05) is 43.6 Å². The molecule has 8 heteroatoms. The predicted octanol–water partition coefficient (Wildman–Crippen LogP) is 3.25. The Balaban J connectivity index is 1.54. The SMILES string of the molecule is C=C1c2c(-c3cnc4ccccc4c3)c3c(N)ncnc3n2CC1NC(=O)C=CCN(C)CC. The lowest BCUT2D eigenvalue weighted by Crippen LogP contribution is -2.34. The van der Waals surface area contributed by atoms with Crippen LogP contribution in [-0.2, 0) is 11.3 Å². The molecule has 34 heavy (non-hydrogen) atoms. The van der Waals surface area contributed by atoms with Crippen molar-refractivity contribution in [3.05, 3.63) is 67.3 Å². The van der Waals surface area contributed by atoms with Crippen molar-refractivity contribution in [2.45, 2.75) is 19.5 Å². The molecule has 4 aromatic rings. The first-order valence-corrected chi connectivity index (χ1v) is 11.3. The molecule has 0 radical (unpaired) electrons. The van der Waals surface area contributed by atoms with Gasteiger partial charge in [-0.05, 0) is 31.3 Å². The molecule has 0 saturated heterocycles. The standard InChI is InChI=1S/C26H27N7O/c1-4-32(3)11-7-10-21(34)31-20-14-33-24(16(20)2)22(23-25(27)29-15-30-26(23)33)18-12-17-8-5-6-9-19(17)28-13-18/h5-10,12-13,15,20H,2,4,11,14H2,1,3H3,(H,31,34)(H2,27,29,30). The lowest BCUT2D eigenvalue weighted by Gasteiger charge is -2.14. The first-order valence-electron chi connectivity index (χ1n) is 11.3. The number of likely N-dealkylation sites (N-methyl/N-ethyl adjacent to an activating group) is 1. The number of pyridine rings is 1. The van der Waals surface area contributed by atoms with Crippen molar-refractivity contribution in [3.8, 4) is 11.1 Å². The summed E-state index contributed by atoms with van der Waals surface area (Å²) in [7, 11) is 2.01. The zero-order valence-electron chi connectivity index (χ0n) is 19.3. The molecule has 0 fully saturated rings. The zero-order chi connectivity index (χ0) is 23.8. The maximum absolute atomic E-state index is 12.6. The average Bonchev–Trinajstić information content (AvgIpc) is 3.33. The number of para-hydroxylation sites is 1. The monoisotopic (exact) mass is 453 g/mol. The van der Waals surface area contributed by atoms with E-state index in [9.17, 15) is 4.79 Å². The van der Waals surface area contributed by atoms with Gasteiger partial charge in [0.05, 0.1) is 22.6 Å². The Labute approximate surface area is 197 Å². The van der Waals surface area contributed by atoms with E-state index >= 15 is 0 Å². The van der Waals surface area contributed by atoms with Gasteiger partial charge in [0.15, 0.2) is 0 Å². The smallest absolute Gasteiger partial charge is 0.244 e. The Morgan fingerprint density at radius 1 is 1.32 bits per heavy atom. The summed E-state index contributed by atoms with van der Waals surface area (Å²) in [6, 6.07) is 9.82. The minimum absolute atomic E-state index is 0.145. The van der Waals surface area contributed by atoms with Crippen LogP contribution >= 0.6 is 0 Å². The van der Waals surface area contributed by atoms with E-state index in [-0.39, 0.29) is 11.9 Å². The van der Waals surface area contributed by atoms with Crippen molar-refractivity contribution in [2.24, 2.45) is 0 Å². The molecule has 3 aromatic heterocycles. The molecule has 3 N–H and O–H groups in total. The summed E-state index contributed by atoms with van der Waals surface area (Å²) in [5.74, 6) is 0.264. The molecule has 4 heterocycles. The van der Waals surface area contributed by atoms with Crippen LogP contribution in [0.4, 0.5) is 5.82 Å². The van der Waals surface area contributed by atoms with E-state index in [2.05, 4.69) is 49.3 Å². The van der Waals surface area contributed by atoms with Crippen LogP contribution in [0, 0.1) is 0 Å². The predicted molar refractivity (Wildman–Crippen MR) is 136 cm³/mol. The van der Waals surface area contributed by atoms with Gasteiger partial charge in [0.2, 0.25) is 5.91 Å². The van der Waals surface area contributed by atoms with Crippen molar-refractivity contribution < 1.29 is 4.79 Å². The van der Waals surface area contributed by atoms with Crippen LogP contribution < -0.4 is 11.1 Å². The molecule has 1 atom stereocenters. The molecule has 0 spiro atoms. The number of benzene rings is 1. The Hall–Kier alpha value is -4.04. The number of nitrogens with one attached hydrogen (secondary N) is 1. The van der Waals surface area contributed by atoms with E-state index in [0.29, 0.717) is 12.4 Å². The van der Waals surface area contributed by atoms with Crippen LogP contribution in [0.5, 0.6) is 0 Å². The number of rotatable bonds is 6. The van der Waals surface area contributed by atoms with Crippen molar-refractivity contribution >= 4 is 39.2 Å². The molecular formula is C26H27N7O. The fourth-order valence-electron chi connectivity index (χ4n) is 4.47. The second-order valence-corrected chi connectivity index (χ2v) is 8.55. The molecule has 0 bridgehead atoms. The molecule has 1 amide bonds. The van der Waals surface area contributed by atoms with Crippen LogP contribution in [0.25, 0.3) is 38.6 Å². The number of aromatic nitrogens is 4. The highest BCUT2D eigenvalue weighted by molar-refractivity contribution is 6.08. The highest BCUT2D eigenvalue weighted by atomic mass is 16.1. The van der Waals surface area contributed by atoms with Crippen LogP contribution in [0.1, 0.15) is 12.6 Å². The van der Waals surface area contributed by atoms with Gasteiger partial charge in [-0.2, -0.15) is 0 Å². The lowest BCUT2D eigenvalue weighted by molar-refractivity contribution is -0.116. The Morgan fingerprint density at radius 2 is 2.15 bits per heavy atom. The molecular weight excluding hydrogens is 426 g/mol. The Morgan fingerprint density at radius 3 is 2.97 bits per heavy atom. The average molecular weight is 454 g/mol. The highest BCUT2D eigenvalue weighted by Gasteiger charge is 2.34. The number of nitrogens with zero attached hydrogens (tertiary/aromatic N) is 5. The minimum Gasteiger partial charge on any atom is -0.383 e. The first-order chi connectivity index (χ1) is 16.5. The molecule has 1 aromatic carbocycles. The number of carbonyl (C=O) groups is 1. The van der Waals surface area contributed by atoms with Gasteiger partial charge >= 0.3 is 0 Å². The molecule has 5 rings (SSSR count). The van der Waals surface area contributed by atoms with Crippen LogP contribution in [0.3, 0.4) is 0 Å². The second kappa shape index (κ2) is 8.72. The van der Waals surface area contributed by atoms with Crippen molar-refractivity contribution in [3.63, 3.8) is 0 Å². The Bertz CT molecular complexity index is 1450. The molecule has 0 aliphatic carbocycles. The van der Waals surface area contributed by atoms with Crippen LogP contribution in [0.2, 0.25) is 0 Å². The third-order valence-electron chi connectivity index (χ3n) is 6.38. The van der Waals surface area contributed by atoms with E-state index in [4.69, 9.17) is 5.73 Å². The number of hydrogen-bond donors (Lipinski definition) is 2. The largest absolute Gasteiger partial charge is 0.383 e. The van der Waals surface area contributed by atoms with Crippen molar-refractivity contribution in [1.29, 1.82) is 0 Å². The molecule has 1 aliphatic heterocycles. The highest BCUT2D eigenvalue weighted by Crippen LogP contribution is 2.44. The summed E-state index contributed by atoms with van der Waals surface area (Å²) in [6.45, 7) is 8.59. The second-order valence-electron chi connectivity index (χ2n) is 8.55. The van der Waals surface area contributed by atoms with Gasteiger partial charge in [-0.15, -0.1) is 0 Å². The number of carbonyl (C=O) groups excluding carboxylic acids is 1. The summed E-state index contributed by atoms with van der Waals surface area (Å²) < 4.78 is 2.07. The van der Waals surface area contributed by atoms with Gasteiger partial charge < -0.3 is 20.5 Å². The van der Waals surface area contributed by atoms with Crippen LogP contribution in [-0.4, -0.2) is 56.5 Å². The molecule has 1 unspecified atom stereocenters. The topological polar surface area (TPSA) is 102 Å².